The summed E-state index contributed by atoms with van der Waals surface area (Å²) in [4.78, 5) is 33.5. The van der Waals surface area contributed by atoms with Gasteiger partial charge in [-0.05, 0) is 67.3 Å². The van der Waals surface area contributed by atoms with E-state index in [-0.39, 0.29) is 35.3 Å². The van der Waals surface area contributed by atoms with Gasteiger partial charge in [-0.25, -0.2) is 4.68 Å². The Morgan fingerprint density at radius 3 is 2.59 bits per heavy atom. The molecule has 1 atom stereocenters. The van der Waals surface area contributed by atoms with Gasteiger partial charge in [-0.15, -0.1) is 0 Å². The Hall–Kier alpha value is -3.48. The maximum atomic E-state index is 14.1. The van der Waals surface area contributed by atoms with Gasteiger partial charge in [0.25, 0.3) is 0 Å². The lowest BCUT2D eigenvalue weighted by Gasteiger charge is -2.31. The van der Waals surface area contributed by atoms with E-state index in [1.54, 1.807) is 29.6 Å². The third-order valence-electron chi connectivity index (χ3n) is 7.88. The minimum Gasteiger partial charge on any atom is -0.508 e. The molecule has 1 saturated carbocycles. The summed E-state index contributed by atoms with van der Waals surface area (Å²) < 4.78 is 1.46. The first kappa shape index (κ1) is 25.2. The summed E-state index contributed by atoms with van der Waals surface area (Å²) in [7, 11) is 0. The third kappa shape index (κ3) is 5.31. The van der Waals surface area contributed by atoms with Crippen LogP contribution in [-0.2, 0) is 17.8 Å². The topological polar surface area (TPSA) is 88.3 Å². The van der Waals surface area contributed by atoms with Gasteiger partial charge in [-0.2, -0.15) is 5.10 Å². The molecule has 3 aromatic rings. The fourth-order valence-electron chi connectivity index (χ4n) is 5.75. The minimum atomic E-state index is -0.348. The predicted molar refractivity (Wildman–Crippen MR) is 143 cm³/mol. The molecule has 0 aliphatic heterocycles. The van der Waals surface area contributed by atoms with E-state index < -0.39 is 0 Å². The molecular weight excluding hydrogens is 464 g/mol. The number of carbonyl (C=O) groups is 2. The van der Waals surface area contributed by atoms with Gasteiger partial charge in [0.05, 0.1) is 30.5 Å². The maximum Gasteiger partial charge on any atom is 0.249 e. The van der Waals surface area contributed by atoms with Crippen LogP contribution in [0.1, 0.15) is 97.8 Å². The van der Waals surface area contributed by atoms with Crippen molar-refractivity contribution in [2.45, 2.75) is 83.6 Å². The van der Waals surface area contributed by atoms with Gasteiger partial charge in [-0.1, -0.05) is 45.2 Å². The number of phenols is 1. The molecule has 0 radical (unpaired) electrons. The number of fused-ring (bicyclic) bond motifs is 1. The quantitative estimate of drug-likeness (QED) is 0.450. The van der Waals surface area contributed by atoms with E-state index in [0.717, 1.165) is 67.3 Å². The monoisotopic (exact) mass is 500 g/mol. The highest BCUT2D eigenvalue weighted by Gasteiger charge is 2.32. The number of rotatable bonds is 6. The van der Waals surface area contributed by atoms with Crippen LogP contribution in [0.3, 0.4) is 0 Å². The average molecular weight is 501 g/mol. The molecule has 1 aromatic carbocycles. The van der Waals surface area contributed by atoms with Crippen LogP contribution in [0.2, 0.25) is 0 Å². The zero-order valence-electron chi connectivity index (χ0n) is 21.8. The molecular formula is C30H36N4O3. The lowest BCUT2D eigenvalue weighted by molar-refractivity contribution is -0.120. The Morgan fingerprint density at radius 1 is 1.05 bits per heavy atom. The highest BCUT2D eigenvalue weighted by Crippen LogP contribution is 2.38. The van der Waals surface area contributed by atoms with E-state index in [4.69, 9.17) is 0 Å². The number of amides is 1. The zero-order chi connectivity index (χ0) is 25.9. The van der Waals surface area contributed by atoms with Crippen LogP contribution in [0.4, 0.5) is 5.69 Å². The van der Waals surface area contributed by atoms with Gasteiger partial charge in [0.2, 0.25) is 11.8 Å². The molecule has 2 aromatic heterocycles. The predicted octanol–water partition coefficient (Wildman–Crippen LogP) is 5.98. The summed E-state index contributed by atoms with van der Waals surface area (Å²) in [5.41, 5.74) is 4.25. The molecule has 7 nitrogen and oxygen atoms in total. The highest BCUT2D eigenvalue weighted by atomic mass is 16.3. The molecule has 1 amide bonds. The van der Waals surface area contributed by atoms with Crippen molar-refractivity contribution in [2.24, 2.45) is 5.92 Å². The first-order valence-electron chi connectivity index (χ1n) is 13.6. The molecule has 0 spiro atoms. The number of nitrogens with zero attached hydrogens (tertiary/aromatic N) is 4. The van der Waals surface area contributed by atoms with Crippen LogP contribution in [0.25, 0.3) is 0 Å². The summed E-state index contributed by atoms with van der Waals surface area (Å²) >= 11 is 0. The molecule has 2 aliphatic rings. The SMILES string of the molecule is CC(C)c1ccc(N(Cc2cnn(C(=O)C3CCCCC3)c2)C(=O)C2CCCc3c(O)cccc32)cn1. The molecule has 37 heavy (non-hydrogen) atoms. The third-order valence-corrected chi connectivity index (χ3v) is 7.88. The number of hydrogen-bond acceptors (Lipinski definition) is 5. The number of aromatic hydroxyl groups is 1. The summed E-state index contributed by atoms with van der Waals surface area (Å²) in [6.07, 6.45) is 12.8. The Kier molecular flexibility index (Phi) is 7.40. The standard InChI is InChI=1S/C30H36N4O3/c1-20(2)27-15-14-23(17-31-27)33(30(37)26-12-6-11-25-24(26)10-7-13-28(25)35)18-21-16-32-34(19-21)29(36)22-8-4-3-5-9-22/h7,10,13-17,19-20,22,26,35H,3-6,8-9,11-12,18H2,1-2H3. The zero-order valence-corrected chi connectivity index (χ0v) is 21.8. The fraction of sp³-hybridized carbons (Fsp3) is 0.467. The molecule has 194 valence electrons. The van der Waals surface area contributed by atoms with Gasteiger partial charge in [0, 0.05) is 23.4 Å². The number of pyridine rings is 1. The summed E-state index contributed by atoms with van der Waals surface area (Å²) in [6, 6.07) is 9.37. The molecule has 2 heterocycles. The molecule has 1 unspecified atom stereocenters. The van der Waals surface area contributed by atoms with Crippen LogP contribution in [0, 0.1) is 5.92 Å². The average Bonchev–Trinajstić information content (AvgIpc) is 3.40. The van der Waals surface area contributed by atoms with Gasteiger partial charge in [0.1, 0.15) is 5.75 Å². The smallest absolute Gasteiger partial charge is 0.249 e. The number of aromatic nitrogens is 3. The van der Waals surface area contributed by atoms with E-state index >= 15 is 0 Å². The van der Waals surface area contributed by atoms with Crippen LogP contribution in [-0.4, -0.2) is 31.7 Å². The van der Waals surface area contributed by atoms with E-state index in [2.05, 4.69) is 23.9 Å². The molecule has 0 saturated heterocycles. The van der Waals surface area contributed by atoms with Crippen molar-refractivity contribution in [3.63, 3.8) is 0 Å². The van der Waals surface area contributed by atoms with Crippen molar-refractivity contribution >= 4 is 17.5 Å². The Bertz CT molecular complexity index is 1260. The molecule has 1 fully saturated rings. The minimum absolute atomic E-state index is 0.0263. The second-order valence-corrected chi connectivity index (χ2v) is 10.8. The highest BCUT2D eigenvalue weighted by molar-refractivity contribution is 5.98. The molecule has 7 heteroatoms. The number of anilines is 1. The van der Waals surface area contributed by atoms with E-state index in [0.29, 0.717) is 12.2 Å². The van der Waals surface area contributed by atoms with Crippen molar-refractivity contribution in [1.29, 1.82) is 0 Å². The van der Waals surface area contributed by atoms with E-state index in [1.807, 2.05) is 24.3 Å². The Labute approximate surface area is 218 Å². The second-order valence-electron chi connectivity index (χ2n) is 10.8. The Balaban J connectivity index is 1.44. The molecule has 0 bridgehead atoms. The van der Waals surface area contributed by atoms with Gasteiger partial charge in [-0.3, -0.25) is 14.6 Å². The molecule has 1 N–H and O–H groups in total. The maximum absolute atomic E-state index is 14.1. The van der Waals surface area contributed by atoms with Crippen LogP contribution in [0.15, 0.2) is 48.9 Å². The lowest BCUT2D eigenvalue weighted by atomic mass is 9.81. The van der Waals surface area contributed by atoms with Gasteiger partial charge >= 0.3 is 0 Å². The van der Waals surface area contributed by atoms with Gasteiger partial charge in [0.15, 0.2) is 0 Å². The summed E-state index contributed by atoms with van der Waals surface area (Å²) in [5, 5.41) is 14.8. The van der Waals surface area contributed by atoms with Crippen LogP contribution >= 0.6 is 0 Å². The fourth-order valence-corrected chi connectivity index (χ4v) is 5.75. The van der Waals surface area contributed by atoms with E-state index in [9.17, 15) is 14.7 Å². The van der Waals surface area contributed by atoms with Crippen LogP contribution < -0.4 is 4.90 Å². The normalized spacial score (nSPS) is 18.0. The number of hydrogen-bond donors (Lipinski definition) is 1. The first-order valence-corrected chi connectivity index (χ1v) is 13.6. The first-order chi connectivity index (χ1) is 17.9. The van der Waals surface area contributed by atoms with Crippen molar-refractivity contribution in [1.82, 2.24) is 14.8 Å². The molecule has 5 rings (SSSR count). The second kappa shape index (κ2) is 10.9. The number of carbonyl (C=O) groups excluding carboxylic acids is 2. The van der Waals surface area contributed by atoms with Crippen molar-refractivity contribution in [2.75, 3.05) is 4.90 Å². The number of benzene rings is 1. The van der Waals surface area contributed by atoms with Gasteiger partial charge < -0.3 is 10.0 Å². The van der Waals surface area contributed by atoms with Crippen molar-refractivity contribution in [3.05, 3.63) is 71.3 Å². The van der Waals surface area contributed by atoms with Crippen LogP contribution in [0.5, 0.6) is 5.75 Å². The van der Waals surface area contributed by atoms with Crippen molar-refractivity contribution < 1.29 is 14.7 Å². The summed E-state index contributed by atoms with van der Waals surface area (Å²) in [5.74, 6) is 0.237. The largest absolute Gasteiger partial charge is 0.508 e. The lowest BCUT2D eigenvalue weighted by Crippen LogP contribution is -2.36. The summed E-state index contributed by atoms with van der Waals surface area (Å²) in [6.45, 7) is 4.48. The molecule has 2 aliphatic carbocycles. The Morgan fingerprint density at radius 2 is 1.86 bits per heavy atom. The van der Waals surface area contributed by atoms with E-state index in [1.165, 1.54) is 11.1 Å². The number of phenolic OH excluding ortho intramolecular Hbond substituents is 1. The van der Waals surface area contributed by atoms with Crippen molar-refractivity contribution in [3.8, 4) is 5.75 Å².